The van der Waals surface area contributed by atoms with Gasteiger partial charge in [-0.25, -0.2) is 0 Å². The molecule has 13 heavy (non-hydrogen) atoms. The van der Waals surface area contributed by atoms with Gasteiger partial charge >= 0.3 is 7.12 Å². The lowest BCUT2D eigenvalue weighted by Gasteiger charge is -2.32. The smallest absolute Gasteiger partial charge is 0.403 e. The summed E-state index contributed by atoms with van der Waals surface area (Å²) in [7, 11) is -0.0754. The lowest BCUT2D eigenvalue weighted by Crippen LogP contribution is -2.41. The summed E-state index contributed by atoms with van der Waals surface area (Å²) in [4.78, 5) is 0. The van der Waals surface area contributed by atoms with Gasteiger partial charge < -0.3 is 15.0 Å². The molecule has 1 aliphatic rings. The van der Waals surface area contributed by atoms with Crippen molar-refractivity contribution in [3.05, 3.63) is 0 Å². The second kappa shape index (κ2) is 3.60. The van der Waals surface area contributed by atoms with Gasteiger partial charge in [-0.15, -0.1) is 0 Å². The fraction of sp³-hybridized carbons (Fsp3) is 1.00. The zero-order chi connectivity index (χ0) is 10.1. The van der Waals surface area contributed by atoms with Gasteiger partial charge in [0.1, 0.15) is 0 Å². The Kier molecular flexibility index (Phi) is 3.05. The summed E-state index contributed by atoms with van der Waals surface area (Å²) in [5.74, 6) is 0. The van der Waals surface area contributed by atoms with E-state index in [-0.39, 0.29) is 18.3 Å². The SMILES string of the molecule is CC1(C)OB(CCCN)OC1(C)C. The largest absolute Gasteiger partial charge is 0.457 e. The summed E-state index contributed by atoms with van der Waals surface area (Å²) >= 11 is 0. The highest BCUT2D eigenvalue weighted by Gasteiger charge is 2.50. The van der Waals surface area contributed by atoms with Crippen molar-refractivity contribution < 1.29 is 9.31 Å². The lowest BCUT2D eigenvalue weighted by atomic mass is 9.83. The van der Waals surface area contributed by atoms with Crippen LogP contribution in [0.5, 0.6) is 0 Å². The third-order valence-electron chi connectivity index (χ3n) is 2.95. The first-order chi connectivity index (χ1) is 5.89. The molecule has 0 aliphatic carbocycles. The molecular weight excluding hydrogens is 165 g/mol. The molecule has 0 spiro atoms. The van der Waals surface area contributed by atoms with E-state index in [0.717, 1.165) is 12.7 Å². The normalized spacial score (nSPS) is 25.2. The monoisotopic (exact) mass is 185 g/mol. The van der Waals surface area contributed by atoms with Crippen molar-refractivity contribution in [1.82, 2.24) is 0 Å². The van der Waals surface area contributed by atoms with E-state index in [4.69, 9.17) is 15.0 Å². The minimum absolute atomic E-state index is 0.0754. The average molecular weight is 185 g/mol. The van der Waals surface area contributed by atoms with E-state index in [9.17, 15) is 0 Å². The Hall–Kier alpha value is -0.0551. The highest BCUT2D eigenvalue weighted by atomic mass is 16.7. The van der Waals surface area contributed by atoms with Crippen molar-refractivity contribution in [3.8, 4) is 0 Å². The first kappa shape index (κ1) is 11.0. The van der Waals surface area contributed by atoms with Gasteiger partial charge in [-0.05, 0) is 47.0 Å². The maximum absolute atomic E-state index is 5.79. The molecule has 2 N–H and O–H groups in total. The summed E-state index contributed by atoms with van der Waals surface area (Å²) in [5, 5.41) is 0. The van der Waals surface area contributed by atoms with Crippen LogP contribution in [0.3, 0.4) is 0 Å². The maximum Gasteiger partial charge on any atom is 0.457 e. The lowest BCUT2D eigenvalue weighted by molar-refractivity contribution is 0.00578. The van der Waals surface area contributed by atoms with Crippen LogP contribution in [0.15, 0.2) is 0 Å². The minimum atomic E-state index is -0.202. The minimum Gasteiger partial charge on any atom is -0.403 e. The number of hydrogen-bond acceptors (Lipinski definition) is 3. The zero-order valence-electron chi connectivity index (χ0n) is 9.09. The average Bonchev–Trinajstić information content (AvgIpc) is 2.17. The molecule has 1 saturated heterocycles. The number of hydrogen-bond donors (Lipinski definition) is 1. The van der Waals surface area contributed by atoms with Crippen LogP contribution in [0.25, 0.3) is 0 Å². The molecular formula is C9H20BNO2. The van der Waals surface area contributed by atoms with Gasteiger partial charge in [-0.3, -0.25) is 0 Å². The molecule has 0 saturated carbocycles. The highest BCUT2D eigenvalue weighted by molar-refractivity contribution is 6.45. The summed E-state index contributed by atoms with van der Waals surface area (Å²) in [6.07, 6.45) is 1.85. The van der Waals surface area contributed by atoms with Crippen molar-refractivity contribution in [1.29, 1.82) is 0 Å². The van der Waals surface area contributed by atoms with Crippen LogP contribution in [0.4, 0.5) is 0 Å². The van der Waals surface area contributed by atoms with Crippen LogP contribution in [0.1, 0.15) is 34.1 Å². The van der Waals surface area contributed by atoms with Gasteiger partial charge in [0.2, 0.25) is 0 Å². The fourth-order valence-corrected chi connectivity index (χ4v) is 1.37. The van der Waals surface area contributed by atoms with E-state index in [0.29, 0.717) is 6.54 Å². The van der Waals surface area contributed by atoms with Gasteiger partial charge in [0.25, 0.3) is 0 Å². The second-order valence-electron chi connectivity index (χ2n) is 4.62. The maximum atomic E-state index is 5.79. The van der Waals surface area contributed by atoms with Crippen molar-refractivity contribution >= 4 is 7.12 Å². The molecule has 0 atom stereocenters. The summed E-state index contributed by atoms with van der Waals surface area (Å²) in [6, 6.07) is 0. The van der Waals surface area contributed by atoms with E-state index in [2.05, 4.69) is 27.7 Å². The predicted molar refractivity (Wildman–Crippen MR) is 54.6 cm³/mol. The van der Waals surface area contributed by atoms with E-state index >= 15 is 0 Å². The summed E-state index contributed by atoms with van der Waals surface area (Å²) in [6.45, 7) is 8.96. The van der Waals surface area contributed by atoms with Gasteiger partial charge in [-0.1, -0.05) is 0 Å². The Morgan fingerprint density at radius 2 is 1.54 bits per heavy atom. The molecule has 1 fully saturated rings. The van der Waals surface area contributed by atoms with Crippen molar-refractivity contribution in [2.24, 2.45) is 5.73 Å². The number of nitrogens with two attached hydrogens (primary N) is 1. The van der Waals surface area contributed by atoms with E-state index < -0.39 is 0 Å². The molecule has 4 heteroatoms. The molecule has 0 bridgehead atoms. The zero-order valence-corrected chi connectivity index (χ0v) is 9.09. The van der Waals surface area contributed by atoms with Crippen LogP contribution >= 0.6 is 0 Å². The molecule has 0 aromatic rings. The molecule has 0 aromatic carbocycles. The molecule has 0 radical (unpaired) electrons. The molecule has 3 nitrogen and oxygen atoms in total. The molecule has 1 aliphatic heterocycles. The Labute approximate surface area is 81.1 Å². The molecule has 1 heterocycles. The second-order valence-corrected chi connectivity index (χ2v) is 4.62. The molecule has 1 rings (SSSR count). The van der Waals surface area contributed by atoms with Crippen LogP contribution in [-0.2, 0) is 9.31 Å². The number of rotatable bonds is 3. The topological polar surface area (TPSA) is 44.5 Å². The third kappa shape index (κ3) is 2.24. The third-order valence-corrected chi connectivity index (χ3v) is 2.95. The van der Waals surface area contributed by atoms with Crippen molar-refractivity contribution in [2.45, 2.75) is 51.6 Å². The van der Waals surface area contributed by atoms with Gasteiger partial charge in [0.15, 0.2) is 0 Å². The first-order valence-electron chi connectivity index (χ1n) is 4.95. The molecule has 0 unspecified atom stereocenters. The summed E-state index contributed by atoms with van der Waals surface area (Å²) < 4.78 is 11.6. The first-order valence-corrected chi connectivity index (χ1v) is 4.95. The molecule has 76 valence electrons. The van der Waals surface area contributed by atoms with E-state index in [1.54, 1.807) is 0 Å². The van der Waals surface area contributed by atoms with Crippen molar-refractivity contribution in [3.63, 3.8) is 0 Å². The quantitative estimate of drug-likeness (QED) is 0.676. The molecule has 0 aromatic heterocycles. The van der Waals surface area contributed by atoms with Crippen LogP contribution in [-0.4, -0.2) is 24.9 Å². The predicted octanol–water partition coefficient (Wildman–Crippen LogP) is 1.43. The Balaban J connectivity index is 2.50. The van der Waals surface area contributed by atoms with E-state index in [1.807, 2.05) is 0 Å². The van der Waals surface area contributed by atoms with Gasteiger partial charge in [0, 0.05) is 0 Å². The van der Waals surface area contributed by atoms with E-state index in [1.165, 1.54) is 0 Å². The molecule has 0 amide bonds. The highest BCUT2D eigenvalue weighted by Crippen LogP contribution is 2.37. The Morgan fingerprint density at radius 3 is 1.92 bits per heavy atom. The summed E-state index contributed by atoms with van der Waals surface area (Å²) in [5.41, 5.74) is 5.03. The van der Waals surface area contributed by atoms with Crippen LogP contribution < -0.4 is 5.73 Å². The standard InChI is InChI=1S/C9H20BNO2/c1-8(2)9(3,4)13-10(12-8)6-5-7-11/h5-7,11H2,1-4H3. The van der Waals surface area contributed by atoms with Gasteiger partial charge in [0.05, 0.1) is 11.2 Å². The van der Waals surface area contributed by atoms with Gasteiger partial charge in [-0.2, -0.15) is 0 Å². The van der Waals surface area contributed by atoms with Crippen LogP contribution in [0.2, 0.25) is 6.32 Å². The Morgan fingerprint density at radius 1 is 1.08 bits per heavy atom. The Bertz CT molecular complexity index is 166. The van der Waals surface area contributed by atoms with Crippen LogP contribution in [0, 0.1) is 0 Å². The van der Waals surface area contributed by atoms with Crippen molar-refractivity contribution in [2.75, 3.05) is 6.54 Å². The fourth-order valence-electron chi connectivity index (χ4n) is 1.37.